The van der Waals surface area contributed by atoms with Crippen LogP contribution in [0.5, 0.6) is 0 Å². The fourth-order valence-electron chi connectivity index (χ4n) is 4.56. The van der Waals surface area contributed by atoms with E-state index in [1.54, 1.807) is 12.1 Å². The number of nitrogens with one attached hydrogen (secondary N) is 1. The van der Waals surface area contributed by atoms with Gasteiger partial charge in [-0.3, -0.25) is 4.79 Å². The van der Waals surface area contributed by atoms with E-state index in [1.165, 1.54) is 19.3 Å². The second kappa shape index (κ2) is 4.24. The van der Waals surface area contributed by atoms with Gasteiger partial charge in [0.15, 0.2) is 0 Å². The summed E-state index contributed by atoms with van der Waals surface area (Å²) >= 11 is 0. The molecule has 0 saturated heterocycles. The molecule has 2 aliphatic carbocycles. The first kappa shape index (κ1) is 13.5. The summed E-state index contributed by atoms with van der Waals surface area (Å²) in [6, 6.07) is 8.02. The molecule has 1 aromatic rings. The van der Waals surface area contributed by atoms with Crippen molar-refractivity contribution >= 4 is 11.6 Å². The van der Waals surface area contributed by atoms with Crippen molar-refractivity contribution < 1.29 is 4.79 Å². The topological polar surface area (TPSA) is 55.1 Å². The van der Waals surface area contributed by atoms with Crippen molar-refractivity contribution in [2.24, 2.45) is 22.5 Å². The maximum atomic E-state index is 11.1. The fourth-order valence-corrected chi connectivity index (χ4v) is 4.56. The third kappa shape index (κ3) is 1.91. The van der Waals surface area contributed by atoms with Crippen LogP contribution in [0.25, 0.3) is 0 Å². The molecular formula is C17H24N2O. The third-order valence-corrected chi connectivity index (χ3v) is 5.75. The number of amides is 1. The van der Waals surface area contributed by atoms with Gasteiger partial charge in [0.25, 0.3) is 0 Å². The lowest BCUT2D eigenvalue weighted by molar-refractivity contribution is 0.100. The molecule has 0 spiro atoms. The molecule has 2 fully saturated rings. The lowest BCUT2D eigenvalue weighted by atomic mass is 9.68. The van der Waals surface area contributed by atoms with Gasteiger partial charge in [0.1, 0.15) is 0 Å². The van der Waals surface area contributed by atoms with Crippen LogP contribution in [0.4, 0.5) is 5.69 Å². The molecule has 2 bridgehead atoms. The lowest BCUT2D eigenvalue weighted by Crippen LogP contribution is -2.45. The minimum Gasteiger partial charge on any atom is -0.381 e. The van der Waals surface area contributed by atoms with E-state index < -0.39 is 0 Å². The molecule has 0 radical (unpaired) electrons. The van der Waals surface area contributed by atoms with Crippen molar-refractivity contribution in [1.82, 2.24) is 0 Å². The molecule has 0 heterocycles. The average Bonchev–Trinajstić information content (AvgIpc) is 2.86. The highest BCUT2D eigenvalue weighted by Crippen LogP contribution is 2.63. The van der Waals surface area contributed by atoms with Crippen LogP contribution in [0.3, 0.4) is 0 Å². The highest BCUT2D eigenvalue weighted by atomic mass is 16.1. The van der Waals surface area contributed by atoms with Crippen LogP contribution < -0.4 is 11.1 Å². The van der Waals surface area contributed by atoms with E-state index in [9.17, 15) is 4.79 Å². The van der Waals surface area contributed by atoms with Crippen molar-refractivity contribution in [3.63, 3.8) is 0 Å². The van der Waals surface area contributed by atoms with Gasteiger partial charge in [0.05, 0.1) is 0 Å². The average molecular weight is 272 g/mol. The van der Waals surface area contributed by atoms with Crippen LogP contribution in [0.2, 0.25) is 0 Å². The highest BCUT2D eigenvalue weighted by Gasteiger charge is 2.59. The summed E-state index contributed by atoms with van der Waals surface area (Å²) in [6.45, 7) is 7.19. The van der Waals surface area contributed by atoms with Crippen LogP contribution in [0, 0.1) is 16.7 Å². The van der Waals surface area contributed by atoms with E-state index in [-0.39, 0.29) is 5.91 Å². The molecule has 3 atom stereocenters. The predicted molar refractivity (Wildman–Crippen MR) is 81.6 cm³/mol. The molecule has 1 aromatic carbocycles. The van der Waals surface area contributed by atoms with Crippen LogP contribution in [0.15, 0.2) is 24.3 Å². The van der Waals surface area contributed by atoms with Gasteiger partial charge in [-0.1, -0.05) is 20.8 Å². The molecule has 108 valence electrons. The standard InChI is InChI=1S/C17H24N2O/c1-16(2)12-8-9-17(3,10-12)15(16)19-13-6-4-11(5-7-13)14(18)20/h4-7,12,15,19H,8-10H2,1-3H3,(H2,18,20)/t12-,15?,17+/m0/s1. The van der Waals surface area contributed by atoms with E-state index in [2.05, 4.69) is 26.1 Å². The Labute approximate surface area is 120 Å². The zero-order valence-corrected chi connectivity index (χ0v) is 12.6. The largest absolute Gasteiger partial charge is 0.381 e. The fraction of sp³-hybridized carbons (Fsp3) is 0.588. The number of hydrogen-bond donors (Lipinski definition) is 2. The quantitative estimate of drug-likeness (QED) is 0.886. The molecule has 1 amide bonds. The number of carbonyl (C=O) groups is 1. The van der Waals surface area contributed by atoms with Crippen LogP contribution >= 0.6 is 0 Å². The minimum atomic E-state index is -0.372. The predicted octanol–water partition coefficient (Wildman–Crippen LogP) is 3.41. The first-order valence-corrected chi connectivity index (χ1v) is 7.49. The summed E-state index contributed by atoms with van der Waals surface area (Å²) in [5, 5.41) is 3.72. The SMILES string of the molecule is CC1(C)C(Nc2ccc(C(N)=O)cc2)[C@]2(C)CC[C@H]1C2. The molecular weight excluding hydrogens is 248 g/mol. The summed E-state index contributed by atoms with van der Waals surface area (Å²) in [4.78, 5) is 11.1. The number of benzene rings is 1. The molecule has 3 heteroatoms. The van der Waals surface area contributed by atoms with E-state index in [1.807, 2.05) is 12.1 Å². The maximum absolute atomic E-state index is 11.1. The summed E-state index contributed by atoms with van der Waals surface area (Å²) in [7, 11) is 0. The van der Waals surface area contributed by atoms with Gasteiger partial charge in [0.2, 0.25) is 5.91 Å². The second-order valence-corrected chi connectivity index (χ2v) is 7.43. The van der Waals surface area contributed by atoms with E-state index >= 15 is 0 Å². The number of hydrogen-bond acceptors (Lipinski definition) is 2. The summed E-state index contributed by atoms with van der Waals surface area (Å²) in [5.41, 5.74) is 7.66. The molecule has 1 unspecified atom stereocenters. The molecule has 20 heavy (non-hydrogen) atoms. The Hall–Kier alpha value is -1.51. The van der Waals surface area contributed by atoms with E-state index in [0.29, 0.717) is 22.4 Å². The van der Waals surface area contributed by atoms with Crippen molar-refractivity contribution in [3.8, 4) is 0 Å². The molecule has 3 N–H and O–H groups in total. The molecule has 2 aliphatic rings. The Morgan fingerprint density at radius 3 is 2.40 bits per heavy atom. The smallest absolute Gasteiger partial charge is 0.248 e. The minimum absolute atomic E-state index is 0.329. The van der Waals surface area contributed by atoms with E-state index in [0.717, 1.165) is 11.6 Å². The zero-order chi connectivity index (χ0) is 14.5. The summed E-state index contributed by atoms with van der Waals surface area (Å²) < 4.78 is 0. The van der Waals surface area contributed by atoms with Gasteiger partial charge < -0.3 is 11.1 Å². The normalized spacial score (nSPS) is 34.1. The van der Waals surface area contributed by atoms with Crippen molar-refractivity contribution in [1.29, 1.82) is 0 Å². The van der Waals surface area contributed by atoms with Gasteiger partial charge in [-0.2, -0.15) is 0 Å². The second-order valence-electron chi connectivity index (χ2n) is 7.43. The number of nitrogens with two attached hydrogens (primary N) is 1. The first-order chi connectivity index (χ1) is 9.33. The van der Waals surface area contributed by atoms with Crippen molar-refractivity contribution in [2.75, 3.05) is 5.32 Å². The van der Waals surface area contributed by atoms with Crippen LogP contribution in [-0.2, 0) is 0 Å². The number of carbonyl (C=O) groups excluding carboxylic acids is 1. The maximum Gasteiger partial charge on any atom is 0.248 e. The van der Waals surface area contributed by atoms with Gasteiger partial charge in [0, 0.05) is 17.3 Å². The summed E-state index contributed by atoms with van der Waals surface area (Å²) in [5.74, 6) is 0.457. The van der Waals surface area contributed by atoms with Crippen LogP contribution in [0.1, 0.15) is 50.4 Å². The van der Waals surface area contributed by atoms with Gasteiger partial charge >= 0.3 is 0 Å². The number of fused-ring (bicyclic) bond motifs is 2. The highest BCUT2D eigenvalue weighted by molar-refractivity contribution is 5.93. The Morgan fingerprint density at radius 2 is 1.90 bits per heavy atom. The van der Waals surface area contributed by atoms with Gasteiger partial charge in [-0.05, 0) is 60.3 Å². The van der Waals surface area contributed by atoms with Gasteiger partial charge in [-0.25, -0.2) is 0 Å². The Balaban J connectivity index is 1.82. The monoisotopic (exact) mass is 272 g/mol. The number of rotatable bonds is 3. The molecule has 3 nitrogen and oxygen atoms in total. The molecule has 2 saturated carbocycles. The lowest BCUT2D eigenvalue weighted by Gasteiger charge is -2.43. The zero-order valence-electron chi connectivity index (χ0n) is 12.6. The van der Waals surface area contributed by atoms with Crippen LogP contribution in [-0.4, -0.2) is 11.9 Å². The van der Waals surface area contributed by atoms with Gasteiger partial charge in [-0.15, -0.1) is 0 Å². The third-order valence-electron chi connectivity index (χ3n) is 5.75. The van der Waals surface area contributed by atoms with E-state index in [4.69, 9.17) is 5.73 Å². The summed E-state index contributed by atoms with van der Waals surface area (Å²) in [6.07, 6.45) is 4.01. The first-order valence-electron chi connectivity index (χ1n) is 7.49. The molecule has 0 aromatic heterocycles. The van der Waals surface area contributed by atoms with Crippen molar-refractivity contribution in [2.45, 2.75) is 46.1 Å². The number of anilines is 1. The molecule has 3 rings (SSSR count). The number of primary amides is 1. The Bertz CT molecular complexity index is 530. The molecule has 0 aliphatic heterocycles. The van der Waals surface area contributed by atoms with Crippen molar-refractivity contribution in [3.05, 3.63) is 29.8 Å². The Morgan fingerprint density at radius 1 is 1.25 bits per heavy atom. The Kier molecular flexibility index (Phi) is 2.86.